The second kappa shape index (κ2) is 8.47. The van der Waals surface area contributed by atoms with E-state index in [1.165, 1.54) is 16.1 Å². The Balaban J connectivity index is 1.59. The van der Waals surface area contributed by atoms with E-state index in [0.717, 1.165) is 0 Å². The summed E-state index contributed by atoms with van der Waals surface area (Å²) in [6, 6.07) is 6.65. The van der Waals surface area contributed by atoms with Crippen molar-refractivity contribution >= 4 is 43.6 Å². The number of hydrogen-bond acceptors (Lipinski definition) is 0. The van der Waals surface area contributed by atoms with Crippen molar-refractivity contribution in [2.75, 3.05) is 0 Å². The van der Waals surface area contributed by atoms with Crippen LogP contribution in [0.15, 0.2) is 139 Å². The lowest BCUT2D eigenvalue weighted by atomic mass is 10.0. The Morgan fingerprint density at radius 3 is 1.38 bits per heavy atom. The number of nitrogens with zero attached hydrogens (tertiary/aromatic N) is 2. The molecule has 2 aromatic heterocycles. The highest BCUT2D eigenvalue weighted by atomic mass is 15.0. The molecule has 2 heterocycles. The minimum Gasteiger partial charge on any atom is -0.309 e. The summed E-state index contributed by atoms with van der Waals surface area (Å²) in [6.45, 7) is 1.51. The number of benzene rings is 6. The smallest absolute Gasteiger partial charge is 0.0645 e. The number of fused-ring (bicyclic) bond motifs is 6. The first kappa shape index (κ1) is 11.8. The molecule has 0 N–H and O–H groups in total. The van der Waals surface area contributed by atoms with Gasteiger partial charge in [0.05, 0.1) is 54.0 Å². The molecule has 0 bridgehead atoms. The minimum absolute atomic E-state index is 0.00933. The van der Waals surface area contributed by atoms with Crippen molar-refractivity contribution in [2.24, 2.45) is 0 Å². The second-order valence-corrected chi connectivity index (χ2v) is 9.10. The lowest BCUT2D eigenvalue weighted by molar-refractivity contribution is 1.16. The summed E-state index contributed by atoms with van der Waals surface area (Å²) in [5.74, 6) is 0. The summed E-state index contributed by atoms with van der Waals surface area (Å²) in [4.78, 5) is 0. The van der Waals surface area contributed by atoms with Gasteiger partial charge in [0.25, 0.3) is 0 Å². The second-order valence-electron chi connectivity index (χ2n) is 9.10. The zero-order chi connectivity index (χ0) is 39.0. The number of aromatic nitrogens is 2. The maximum atomic E-state index is 9.12. The van der Waals surface area contributed by atoms with Gasteiger partial charge >= 0.3 is 0 Å². The molecule has 0 aliphatic rings. The largest absolute Gasteiger partial charge is 0.309 e. The molecule has 184 valence electrons. The van der Waals surface area contributed by atoms with Gasteiger partial charge in [0.15, 0.2) is 0 Å². The third-order valence-electron chi connectivity index (χ3n) is 6.90. The maximum absolute atomic E-state index is 9.12. The van der Waals surface area contributed by atoms with Crippen molar-refractivity contribution in [3.8, 4) is 22.5 Å². The molecule has 2 heteroatoms. The maximum Gasteiger partial charge on any atom is 0.0645 e. The van der Waals surface area contributed by atoms with Gasteiger partial charge in [-0.2, -0.15) is 0 Å². The average Bonchev–Trinajstić information content (AvgIpc) is 3.72. The molecule has 0 amide bonds. The zero-order valence-electron chi connectivity index (χ0n) is 35.5. The van der Waals surface area contributed by atoms with E-state index in [9.17, 15) is 0 Å². The van der Waals surface area contributed by atoms with Crippen LogP contribution < -0.4 is 0 Å². The Morgan fingerprint density at radius 1 is 0.462 bits per heavy atom. The molecular weight excluding hydrogens is 472 g/mol. The fourth-order valence-corrected chi connectivity index (χ4v) is 5.30. The predicted octanol–water partition coefficient (Wildman–Crippen LogP) is 9.86. The van der Waals surface area contributed by atoms with Crippen LogP contribution in [0, 0.1) is 6.92 Å². The normalized spacial score (nSPS) is 17.1. The lowest BCUT2D eigenvalue weighted by Crippen LogP contribution is -2.01. The first-order chi connectivity index (χ1) is 25.5. The van der Waals surface area contributed by atoms with Gasteiger partial charge in [-0.1, -0.05) is 102 Å². The molecule has 0 radical (unpaired) electrons. The molecule has 0 aliphatic carbocycles. The SMILES string of the molecule is [2H]c1c([2H])c([2H])c2c(c1[2H])c1c([2H])c([2H])c([2H])c([2H])c1n2-c1ccccc1-c1ccccc1-n1c2c([2H])c([2H])c([2H])c([2H])c2c2c([2H])c(C)c([2H])c([2H])c21. The average molecular weight is 514 g/mol. The van der Waals surface area contributed by atoms with Crippen LogP contribution in [-0.4, -0.2) is 9.13 Å². The van der Waals surface area contributed by atoms with E-state index < -0.39 is 72.5 Å². The zero-order valence-corrected chi connectivity index (χ0v) is 20.5. The molecule has 8 rings (SSSR count). The summed E-state index contributed by atoms with van der Waals surface area (Å²) in [5.41, 5.74) is 1.32. The van der Waals surface area contributed by atoms with Crippen LogP contribution in [0.25, 0.3) is 66.1 Å². The Morgan fingerprint density at radius 2 is 0.872 bits per heavy atom. The topological polar surface area (TPSA) is 9.86 Å². The third-order valence-corrected chi connectivity index (χ3v) is 6.90. The first-order valence-corrected chi connectivity index (χ1v) is 12.2. The molecule has 0 fully saturated rings. The molecule has 0 saturated carbocycles. The van der Waals surface area contributed by atoms with Crippen LogP contribution in [0.1, 0.15) is 26.1 Å². The van der Waals surface area contributed by atoms with E-state index in [0.29, 0.717) is 11.1 Å². The molecule has 0 saturated heterocycles. The fourth-order valence-electron chi connectivity index (χ4n) is 5.30. The highest BCUT2D eigenvalue weighted by molar-refractivity contribution is 6.11. The van der Waals surface area contributed by atoms with E-state index in [-0.39, 0.29) is 78.7 Å². The summed E-state index contributed by atoms with van der Waals surface area (Å²) >= 11 is 0. The summed E-state index contributed by atoms with van der Waals surface area (Å²) in [5, 5.41) is -0.0997. The molecular formula is C37H26N2. The van der Waals surface area contributed by atoms with Crippen LogP contribution in [0.5, 0.6) is 0 Å². The molecule has 2 nitrogen and oxygen atoms in total. The molecule has 0 aliphatic heterocycles. The minimum atomic E-state index is -0.572. The van der Waals surface area contributed by atoms with Crippen molar-refractivity contribution in [1.82, 2.24) is 9.13 Å². The number of hydrogen-bond donors (Lipinski definition) is 0. The van der Waals surface area contributed by atoms with E-state index in [2.05, 4.69) is 0 Å². The van der Waals surface area contributed by atoms with Crippen LogP contribution in [0.3, 0.4) is 0 Å². The first-order valence-electron chi connectivity index (χ1n) is 19.7. The standard InChI is InChI=1S/C37H26N2/c1-25-22-23-37-31(24-25)30-16-6-11-21-36(30)39(37)35-20-10-5-15-29(35)28-14-4-9-19-34(28)38-32-17-7-2-12-26(32)27-13-3-8-18-33(27)38/h2-24H,1H3/i2D,3D,6D,7D,8D,11D,12D,13D,16D,17D,18D,21D,22D,23D,24D. The summed E-state index contributed by atoms with van der Waals surface area (Å²) < 4.78 is 134. The molecule has 39 heavy (non-hydrogen) atoms. The van der Waals surface area contributed by atoms with E-state index in [1.807, 2.05) is 0 Å². The van der Waals surface area contributed by atoms with Crippen molar-refractivity contribution in [2.45, 2.75) is 6.92 Å². The Kier molecular flexibility index (Phi) is 2.55. The van der Waals surface area contributed by atoms with Crippen molar-refractivity contribution in [3.05, 3.63) is 145 Å². The Labute approximate surface area is 248 Å². The van der Waals surface area contributed by atoms with Gasteiger partial charge in [-0.05, 0) is 49.3 Å². The molecule has 0 atom stereocenters. The van der Waals surface area contributed by atoms with Gasteiger partial charge in [0.2, 0.25) is 0 Å². The number of rotatable bonds is 3. The van der Waals surface area contributed by atoms with Gasteiger partial charge in [0, 0.05) is 32.7 Å². The van der Waals surface area contributed by atoms with Gasteiger partial charge in [0.1, 0.15) is 0 Å². The van der Waals surface area contributed by atoms with Crippen molar-refractivity contribution in [3.63, 3.8) is 0 Å². The monoisotopic (exact) mass is 513 g/mol. The van der Waals surface area contributed by atoms with E-state index in [1.54, 1.807) is 48.5 Å². The summed E-state index contributed by atoms with van der Waals surface area (Å²) in [6.07, 6.45) is 0. The Bertz CT molecular complexity index is 2660. The lowest BCUT2D eigenvalue weighted by Gasteiger charge is -2.18. The highest BCUT2D eigenvalue weighted by Gasteiger charge is 2.19. The van der Waals surface area contributed by atoms with Crippen LogP contribution in [0.4, 0.5) is 0 Å². The van der Waals surface area contributed by atoms with Crippen molar-refractivity contribution < 1.29 is 20.6 Å². The third kappa shape index (κ3) is 3.22. The quantitative estimate of drug-likeness (QED) is 0.222. The highest BCUT2D eigenvalue weighted by Crippen LogP contribution is 2.40. The molecule has 0 spiro atoms. The van der Waals surface area contributed by atoms with Gasteiger partial charge in [-0.25, -0.2) is 0 Å². The molecule has 8 aromatic rings. The van der Waals surface area contributed by atoms with Crippen LogP contribution >= 0.6 is 0 Å². The summed E-state index contributed by atoms with van der Waals surface area (Å²) in [7, 11) is 0. The van der Waals surface area contributed by atoms with Crippen LogP contribution in [0.2, 0.25) is 0 Å². The van der Waals surface area contributed by atoms with Gasteiger partial charge in [-0.15, -0.1) is 0 Å². The fraction of sp³-hybridized carbons (Fsp3) is 0.0270. The van der Waals surface area contributed by atoms with E-state index in [4.69, 9.17) is 20.6 Å². The van der Waals surface area contributed by atoms with Crippen molar-refractivity contribution in [1.29, 1.82) is 0 Å². The van der Waals surface area contributed by atoms with E-state index >= 15 is 0 Å². The molecule has 6 aromatic carbocycles. The molecule has 0 unspecified atom stereocenters. The predicted molar refractivity (Wildman–Crippen MR) is 165 cm³/mol. The number of para-hydroxylation sites is 5. The Hall–Kier alpha value is -5.08. The van der Waals surface area contributed by atoms with Gasteiger partial charge in [-0.3, -0.25) is 0 Å². The van der Waals surface area contributed by atoms with Crippen LogP contribution in [-0.2, 0) is 0 Å². The van der Waals surface area contributed by atoms with Gasteiger partial charge < -0.3 is 9.13 Å².